The summed E-state index contributed by atoms with van der Waals surface area (Å²) in [6.45, 7) is 1.29. The number of fused-ring (bicyclic) bond motifs is 2. The molecule has 1 amide bonds. The van der Waals surface area contributed by atoms with Crippen LogP contribution in [0.3, 0.4) is 0 Å². The minimum atomic E-state index is -0.179. The van der Waals surface area contributed by atoms with E-state index in [0.29, 0.717) is 24.9 Å². The van der Waals surface area contributed by atoms with Crippen molar-refractivity contribution in [2.45, 2.75) is 43.4 Å². The lowest BCUT2D eigenvalue weighted by atomic mass is 9.80. The van der Waals surface area contributed by atoms with Crippen LogP contribution in [-0.2, 0) is 9.47 Å². The maximum Gasteiger partial charge on any atom is 0.410 e. The number of H-pyrrole nitrogens is 1. The third kappa shape index (κ3) is 1.84. The number of morpholine rings is 1. The highest BCUT2D eigenvalue weighted by Crippen LogP contribution is 2.39. The van der Waals surface area contributed by atoms with Gasteiger partial charge in [0.2, 0.25) is 0 Å². The zero-order chi connectivity index (χ0) is 13.7. The fourth-order valence-corrected chi connectivity index (χ4v) is 3.32. The van der Waals surface area contributed by atoms with Gasteiger partial charge in [-0.1, -0.05) is 0 Å². The predicted octanol–water partition coefficient (Wildman–Crippen LogP) is 0.848. The number of hydrogen-bond donors (Lipinski definition) is 2. The zero-order valence-corrected chi connectivity index (χ0v) is 11.1. The van der Waals surface area contributed by atoms with Crippen LogP contribution in [0.25, 0.3) is 0 Å². The number of carbonyl (C=O) groups excluding carboxylic acids is 1. The average molecular weight is 278 g/mol. The van der Waals surface area contributed by atoms with Gasteiger partial charge in [-0.15, -0.1) is 0 Å². The van der Waals surface area contributed by atoms with Crippen molar-refractivity contribution in [3.05, 3.63) is 11.8 Å². The number of ether oxygens (including phenoxy) is 2. The molecule has 3 heterocycles. The van der Waals surface area contributed by atoms with Crippen molar-refractivity contribution in [2.24, 2.45) is 0 Å². The van der Waals surface area contributed by atoms with Gasteiger partial charge in [0.25, 0.3) is 0 Å². The maximum absolute atomic E-state index is 12.1. The largest absolute Gasteiger partial charge is 0.446 e. The molecule has 0 spiro atoms. The van der Waals surface area contributed by atoms with Gasteiger partial charge < -0.3 is 15.2 Å². The molecule has 1 unspecified atom stereocenters. The van der Waals surface area contributed by atoms with Crippen LogP contribution in [0.4, 0.5) is 10.6 Å². The van der Waals surface area contributed by atoms with Gasteiger partial charge in [-0.2, -0.15) is 5.10 Å². The highest BCUT2D eigenvalue weighted by atomic mass is 16.6. The van der Waals surface area contributed by atoms with E-state index in [9.17, 15) is 4.79 Å². The van der Waals surface area contributed by atoms with Gasteiger partial charge in [0.1, 0.15) is 11.9 Å². The van der Waals surface area contributed by atoms with Crippen LogP contribution in [0.2, 0.25) is 0 Å². The molecule has 3 N–H and O–H groups in total. The Kier molecular flexibility index (Phi) is 2.63. The summed E-state index contributed by atoms with van der Waals surface area (Å²) in [5, 5.41) is 6.83. The summed E-state index contributed by atoms with van der Waals surface area (Å²) in [7, 11) is 0. The molecule has 2 aliphatic heterocycles. The Bertz CT molecular complexity index is 511. The molecular formula is C13H18N4O3. The fourth-order valence-electron chi connectivity index (χ4n) is 3.32. The third-order valence-electron chi connectivity index (χ3n) is 4.58. The summed E-state index contributed by atoms with van der Waals surface area (Å²) in [5.74, 6) is 0.880. The molecule has 2 saturated heterocycles. The first-order chi connectivity index (χ1) is 9.70. The molecule has 108 valence electrons. The molecule has 1 saturated carbocycles. The molecule has 0 aromatic carbocycles. The van der Waals surface area contributed by atoms with E-state index >= 15 is 0 Å². The van der Waals surface area contributed by atoms with Crippen LogP contribution in [0.15, 0.2) is 6.07 Å². The Morgan fingerprint density at radius 1 is 1.40 bits per heavy atom. The van der Waals surface area contributed by atoms with E-state index in [2.05, 4.69) is 10.2 Å². The van der Waals surface area contributed by atoms with Gasteiger partial charge in [0, 0.05) is 17.7 Å². The Morgan fingerprint density at radius 3 is 2.75 bits per heavy atom. The number of rotatable bonds is 2. The van der Waals surface area contributed by atoms with Crippen molar-refractivity contribution in [3.63, 3.8) is 0 Å². The molecule has 3 aliphatic rings. The Morgan fingerprint density at radius 2 is 2.15 bits per heavy atom. The fraction of sp³-hybridized carbons (Fsp3) is 0.692. The van der Waals surface area contributed by atoms with E-state index < -0.39 is 0 Å². The van der Waals surface area contributed by atoms with Crippen LogP contribution in [0, 0.1) is 0 Å². The quantitative estimate of drug-likeness (QED) is 0.836. The normalized spacial score (nSPS) is 35.1. The lowest BCUT2D eigenvalue weighted by molar-refractivity contribution is -0.121. The average Bonchev–Trinajstić information content (AvgIpc) is 2.80. The summed E-state index contributed by atoms with van der Waals surface area (Å²) in [6, 6.07) is 2.30. The van der Waals surface area contributed by atoms with E-state index in [1.807, 2.05) is 11.0 Å². The summed E-state index contributed by atoms with van der Waals surface area (Å²) in [4.78, 5) is 13.9. The molecule has 7 nitrogen and oxygen atoms in total. The second-order valence-corrected chi connectivity index (χ2v) is 5.91. The van der Waals surface area contributed by atoms with E-state index in [1.165, 1.54) is 0 Å². The van der Waals surface area contributed by atoms with Crippen molar-refractivity contribution in [1.82, 2.24) is 15.1 Å². The Balaban J connectivity index is 1.28. The molecule has 2 bridgehead atoms. The monoisotopic (exact) mass is 278 g/mol. The molecular weight excluding hydrogens is 260 g/mol. The number of nitrogens with zero attached hydrogens (tertiary/aromatic N) is 2. The number of nitrogens with one attached hydrogen (secondary N) is 1. The number of carbonyl (C=O) groups is 1. The number of nitrogens with two attached hydrogens (primary N) is 1. The van der Waals surface area contributed by atoms with Crippen LogP contribution in [-0.4, -0.2) is 52.6 Å². The van der Waals surface area contributed by atoms with Gasteiger partial charge in [0.05, 0.1) is 25.3 Å². The maximum atomic E-state index is 12.1. The van der Waals surface area contributed by atoms with E-state index in [4.69, 9.17) is 15.2 Å². The van der Waals surface area contributed by atoms with Gasteiger partial charge in [-0.3, -0.25) is 10.00 Å². The number of aromatic amines is 1. The molecule has 0 radical (unpaired) electrons. The number of amides is 1. The number of aromatic nitrogens is 2. The van der Waals surface area contributed by atoms with Gasteiger partial charge in [0.15, 0.2) is 0 Å². The minimum absolute atomic E-state index is 0.0132. The molecule has 1 aromatic heterocycles. The first-order valence-corrected chi connectivity index (χ1v) is 7.08. The number of hydrogen-bond acceptors (Lipinski definition) is 5. The SMILES string of the molecule is Nc1cc(C2CC(OC(=O)N3C4COC[C@@H]3C4)C2)[nH]n1. The Hall–Kier alpha value is -1.76. The molecule has 7 heteroatoms. The molecule has 1 aromatic rings. The first kappa shape index (κ1) is 12.0. The van der Waals surface area contributed by atoms with Gasteiger partial charge >= 0.3 is 6.09 Å². The van der Waals surface area contributed by atoms with Crippen molar-refractivity contribution >= 4 is 11.9 Å². The smallest absolute Gasteiger partial charge is 0.410 e. The summed E-state index contributed by atoms with van der Waals surface area (Å²) >= 11 is 0. The standard InChI is InChI=1S/C13H18N4O3/c14-12-4-11(15-16-12)7-1-10(2-7)20-13(18)17-8-3-9(17)6-19-5-8/h4,7-10H,1-3,5-6H2,(H3,14,15,16)/t7?,8-,9?,10?/m0/s1. The molecule has 20 heavy (non-hydrogen) atoms. The second-order valence-electron chi connectivity index (χ2n) is 5.91. The molecule has 4 rings (SSSR count). The highest BCUT2D eigenvalue weighted by molar-refractivity contribution is 5.70. The Labute approximate surface area is 116 Å². The van der Waals surface area contributed by atoms with Crippen LogP contribution < -0.4 is 5.73 Å². The number of anilines is 1. The third-order valence-corrected chi connectivity index (χ3v) is 4.58. The van der Waals surface area contributed by atoms with Crippen LogP contribution in [0.5, 0.6) is 0 Å². The first-order valence-electron chi connectivity index (χ1n) is 7.08. The lowest BCUT2D eigenvalue weighted by Crippen LogP contribution is -2.66. The summed E-state index contributed by atoms with van der Waals surface area (Å²) in [6.07, 6.45) is 2.57. The predicted molar refractivity (Wildman–Crippen MR) is 70.1 cm³/mol. The van der Waals surface area contributed by atoms with E-state index in [0.717, 1.165) is 25.0 Å². The summed E-state index contributed by atoms with van der Waals surface area (Å²) < 4.78 is 10.9. The van der Waals surface area contributed by atoms with E-state index in [1.54, 1.807) is 0 Å². The van der Waals surface area contributed by atoms with Crippen LogP contribution in [0.1, 0.15) is 30.9 Å². The van der Waals surface area contributed by atoms with Gasteiger partial charge in [-0.25, -0.2) is 4.79 Å². The zero-order valence-electron chi connectivity index (χ0n) is 11.1. The molecule has 2 atom stereocenters. The minimum Gasteiger partial charge on any atom is -0.446 e. The second kappa shape index (κ2) is 4.37. The van der Waals surface area contributed by atoms with Gasteiger partial charge in [-0.05, 0) is 19.3 Å². The number of nitrogen functional groups attached to an aromatic ring is 1. The lowest BCUT2D eigenvalue weighted by Gasteiger charge is -2.51. The topological polar surface area (TPSA) is 93.5 Å². The molecule has 1 aliphatic carbocycles. The highest BCUT2D eigenvalue weighted by Gasteiger charge is 2.47. The molecule has 3 fully saturated rings. The van der Waals surface area contributed by atoms with Crippen molar-refractivity contribution < 1.29 is 14.3 Å². The van der Waals surface area contributed by atoms with Crippen LogP contribution >= 0.6 is 0 Å². The van der Waals surface area contributed by atoms with Crippen molar-refractivity contribution in [1.29, 1.82) is 0 Å². The van der Waals surface area contributed by atoms with E-state index in [-0.39, 0.29) is 24.3 Å². The summed E-state index contributed by atoms with van der Waals surface area (Å²) in [5.41, 5.74) is 6.61. The van der Waals surface area contributed by atoms with Crippen molar-refractivity contribution in [3.8, 4) is 0 Å². The van der Waals surface area contributed by atoms with Crippen molar-refractivity contribution in [2.75, 3.05) is 18.9 Å².